The van der Waals surface area contributed by atoms with Gasteiger partial charge in [0.15, 0.2) is 0 Å². The maximum Gasteiger partial charge on any atom is 0.329 e. The molecule has 2 heterocycles. The number of aromatic nitrogens is 3. The van der Waals surface area contributed by atoms with Crippen molar-refractivity contribution in [2.24, 2.45) is 0 Å². The van der Waals surface area contributed by atoms with Gasteiger partial charge in [-0.2, -0.15) is 0 Å². The Morgan fingerprint density at radius 2 is 1.68 bits per heavy atom. The lowest BCUT2D eigenvalue weighted by Crippen LogP contribution is -2.34. The Morgan fingerprint density at radius 1 is 1.07 bits per heavy atom. The lowest BCUT2D eigenvalue weighted by molar-refractivity contribution is 0.212. The number of amides is 2. The van der Waals surface area contributed by atoms with Crippen molar-refractivity contribution in [3.8, 4) is 0 Å². The lowest BCUT2D eigenvalue weighted by atomic mass is 10.1. The van der Waals surface area contributed by atoms with Crippen LogP contribution >= 0.6 is 0 Å². The second-order valence-electron chi connectivity index (χ2n) is 6.73. The van der Waals surface area contributed by atoms with Gasteiger partial charge in [-0.1, -0.05) is 0 Å². The Bertz CT molecular complexity index is 1040. The van der Waals surface area contributed by atoms with Gasteiger partial charge in [0.2, 0.25) is 0 Å². The minimum atomic E-state index is -0.165. The molecule has 0 bridgehead atoms. The molecule has 0 aliphatic rings. The van der Waals surface area contributed by atoms with E-state index in [0.29, 0.717) is 26.2 Å². The van der Waals surface area contributed by atoms with Crippen LogP contribution in [0, 0.1) is 6.92 Å². The van der Waals surface area contributed by atoms with Crippen molar-refractivity contribution in [2.45, 2.75) is 47.3 Å². The summed E-state index contributed by atoms with van der Waals surface area (Å²) in [7, 11) is 0. The van der Waals surface area contributed by atoms with Crippen LogP contribution in [0.3, 0.4) is 0 Å². The molecule has 7 nitrogen and oxygen atoms in total. The van der Waals surface area contributed by atoms with Crippen molar-refractivity contribution >= 4 is 22.8 Å². The number of pyridine rings is 1. The molecule has 1 aromatic carbocycles. The monoisotopic (exact) mass is 381 g/mol. The summed E-state index contributed by atoms with van der Waals surface area (Å²) in [5.41, 5.74) is 4.40. The Balaban J connectivity index is 1.91. The number of carbonyl (C=O) groups is 1. The fourth-order valence-corrected chi connectivity index (χ4v) is 3.44. The quantitative estimate of drug-likeness (QED) is 0.709. The van der Waals surface area contributed by atoms with E-state index in [1.54, 1.807) is 26.4 Å². The molecule has 2 aromatic heterocycles. The van der Waals surface area contributed by atoms with Crippen LogP contribution in [0.2, 0.25) is 0 Å². The van der Waals surface area contributed by atoms with Crippen LogP contribution in [0.15, 0.2) is 41.5 Å². The number of urea groups is 1. The van der Waals surface area contributed by atoms with E-state index < -0.39 is 0 Å². The Hall–Kier alpha value is -3.09. The molecule has 0 atom stereocenters. The summed E-state index contributed by atoms with van der Waals surface area (Å²) in [5.74, 6) is 0. The first-order valence-corrected chi connectivity index (χ1v) is 9.68. The second kappa shape index (κ2) is 8.29. The largest absolute Gasteiger partial charge is 0.329 e. The van der Waals surface area contributed by atoms with E-state index in [0.717, 1.165) is 27.8 Å². The summed E-state index contributed by atoms with van der Waals surface area (Å²) >= 11 is 0. The highest BCUT2D eigenvalue weighted by molar-refractivity contribution is 5.93. The molecule has 1 N–H and O–H groups in total. The molecule has 0 saturated carbocycles. The SMILES string of the molecule is CCN(Cc1ccncc1)C(=O)Nc1cc2c(cc1C)n(CC)c(=O)n2CC. The number of fused-ring (bicyclic) bond motifs is 1. The van der Waals surface area contributed by atoms with Crippen molar-refractivity contribution < 1.29 is 4.79 Å². The third-order valence-corrected chi connectivity index (χ3v) is 5.03. The average molecular weight is 381 g/mol. The highest BCUT2D eigenvalue weighted by Gasteiger charge is 2.17. The van der Waals surface area contributed by atoms with Gasteiger partial charge in [-0.3, -0.25) is 14.1 Å². The predicted molar refractivity (Wildman–Crippen MR) is 112 cm³/mol. The number of anilines is 1. The number of nitrogens with zero attached hydrogens (tertiary/aromatic N) is 4. The second-order valence-corrected chi connectivity index (χ2v) is 6.73. The third-order valence-electron chi connectivity index (χ3n) is 5.03. The summed E-state index contributed by atoms with van der Waals surface area (Å²) in [4.78, 5) is 31.2. The average Bonchev–Trinajstić information content (AvgIpc) is 2.96. The molecule has 0 unspecified atom stereocenters. The van der Waals surface area contributed by atoms with Crippen molar-refractivity contribution in [1.82, 2.24) is 19.0 Å². The molecule has 7 heteroatoms. The van der Waals surface area contributed by atoms with Crippen molar-refractivity contribution in [3.05, 3.63) is 58.3 Å². The number of hydrogen-bond donors (Lipinski definition) is 1. The van der Waals surface area contributed by atoms with Gasteiger partial charge in [-0.25, -0.2) is 9.59 Å². The van der Waals surface area contributed by atoms with E-state index in [-0.39, 0.29) is 11.7 Å². The smallest absolute Gasteiger partial charge is 0.320 e. The molecule has 2 amide bonds. The van der Waals surface area contributed by atoms with E-state index in [1.807, 2.05) is 52.0 Å². The molecule has 0 fully saturated rings. The topological polar surface area (TPSA) is 72.2 Å². The first kappa shape index (κ1) is 19.7. The van der Waals surface area contributed by atoms with Crippen LogP contribution in [0.4, 0.5) is 10.5 Å². The Kier molecular flexibility index (Phi) is 5.82. The van der Waals surface area contributed by atoms with E-state index >= 15 is 0 Å². The van der Waals surface area contributed by atoms with Gasteiger partial charge >= 0.3 is 11.7 Å². The van der Waals surface area contributed by atoms with Gasteiger partial charge in [0.25, 0.3) is 0 Å². The molecule has 28 heavy (non-hydrogen) atoms. The minimum Gasteiger partial charge on any atom is -0.320 e. The van der Waals surface area contributed by atoms with Gasteiger partial charge in [-0.15, -0.1) is 0 Å². The molecular weight excluding hydrogens is 354 g/mol. The fourth-order valence-electron chi connectivity index (χ4n) is 3.44. The molecule has 0 saturated heterocycles. The van der Waals surface area contributed by atoms with Crippen molar-refractivity contribution in [3.63, 3.8) is 0 Å². The first-order valence-electron chi connectivity index (χ1n) is 9.68. The Labute approximate surface area is 164 Å². The molecule has 0 aliphatic heterocycles. The predicted octanol–water partition coefficient (Wildman–Crippen LogP) is 3.60. The van der Waals surface area contributed by atoms with Crippen LogP contribution in [-0.2, 0) is 19.6 Å². The van der Waals surface area contributed by atoms with Crippen LogP contribution in [0.1, 0.15) is 31.9 Å². The van der Waals surface area contributed by atoms with Crippen LogP contribution in [0.5, 0.6) is 0 Å². The fraction of sp³-hybridized carbons (Fsp3) is 0.381. The van der Waals surface area contributed by atoms with Crippen molar-refractivity contribution in [2.75, 3.05) is 11.9 Å². The summed E-state index contributed by atoms with van der Waals surface area (Å²) in [5, 5.41) is 3.02. The molecule has 0 aliphatic carbocycles. The van der Waals surface area contributed by atoms with E-state index in [9.17, 15) is 9.59 Å². The Morgan fingerprint density at radius 3 is 2.25 bits per heavy atom. The number of hydrogen-bond acceptors (Lipinski definition) is 3. The summed E-state index contributed by atoms with van der Waals surface area (Å²) in [6.07, 6.45) is 3.45. The van der Waals surface area contributed by atoms with Gasteiger partial charge < -0.3 is 10.2 Å². The van der Waals surface area contributed by atoms with Crippen LogP contribution in [-0.4, -0.2) is 31.6 Å². The van der Waals surface area contributed by atoms with E-state index in [4.69, 9.17) is 0 Å². The van der Waals surface area contributed by atoms with Gasteiger partial charge in [-0.05, 0) is 63.1 Å². The normalized spacial score (nSPS) is 11.0. The summed E-state index contributed by atoms with van der Waals surface area (Å²) in [6, 6.07) is 7.52. The number of aryl methyl sites for hydroxylation is 3. The first-order chi connectivity index (χ1) is 13.5. The molecule has 3 aromatic rings. The zero-order valence-corrected chi connectivity index (χ0v) is 16.9. The van der Waals surface area contributed by atoms with Gasteiger partial charge in [0.1, 0.15) is 0 Å². The maximum atomic E-state index is 12.8. The van der Waals surface area contributed by atoms with Gasteiger partial charge in [0.05, 0.1) is 11.0 Å². The van der Waals surface area contributed by atoms with Crippen LogP contribution in [0.25, 0.3) is 11.0 Å². The van der Waals surface area contributed by atoms with Crippen molar-refractivity contribution in [1.29, 1.82) is 0 Å². The highest BCUT2D eigenvalue weighted by Crippen LogP contribution is 2.24. The number of rotatable bonds is 6. The summed E-state index contributed by atoms with van der Waals surface area (Å²) < 4.78 is 3.50. The molecule has 0 radical (unpaired) electrons. The zero-order chi connectivity index (χ0) is 20.3. The summed E-state index contributed by atoms with van der Waals surface area (Å²) in [6.45, 7) is 10.1. The third kappa shape index (κ3) is 3.65. The molecule has 3 rings (SSSR count). The molecule has 148 valence electrons. The number of imidazole rings is 1. The number of benzene rings is 1. The number of carbonyl (C=O) groups excluding carboxylic acids is 1. The van der Waals surface area contributed by atoms with E-state index in [1.165, 1.54) is 0 Å². The minimum absolute atomic E-state index is 0.0178. The molecule has 0 spiro atoms. The standard InChI is InChI=1S/C21H27N5O2/c1-5-24(14-16-8-10-22-11-9-16)20(27)23-17-13-19-18(12-15(17)4)25(6-2)21(28)26(19)7-3/h8-13H,5-7,14H2,1-4H3,(H,23,27). The van der Waals surface area contributed by atoms with E-state index in [2.05, 4.69) is 10.3 Å². The van der Waals surface area contributed by atoms with Gasteiger partial charge in [0, 0.05) is 44.3 Å². The lowest BCUT2D eigenvalue weighted by Gasteiger charge is -2.22. The van der Waals surface area contributed by atoms with Crippen LogP contribution < -0.4 is 11.0 Å². The maximum absolute atomic E-state index is 12.8. The molecular formula is C21H27N5O2. The zero-order valence-electron chi connectivity index (χ0n) is 16.9. The number of nitrogens with one attached hydrogen (secondary N) is 1. The highest BCUT2D eigenvalue weighted by atomic mass is 16.2.